The first-order chi connectivity index (χ1) is 16.3. The van der Waals surface area contributed by atoms with Crippen LogP contribution in [0.3, 0.4) is 0 Å². The average molecular weight is 480 g/mol. The predicted octanol–water partition coefficient (Wildman–Crippen LogP) is 5.10. The fourth-order valence-corrected chi connectivity index (χ4v) is 5.91. The van der Waals surface area contributed by atoms with Crippen LogP contribution in [-0.4, -0.2) is 36.7 Å². The predicted molar refractivity (Wildman–Crippen MR) is 127 cm³/mol. The van der Waals surface area contributed by atoms with Gasteiger partial charge in [0.05, 0.1) is 17.4 Å². The SMILES string of the molecule is Cc1ccc2c(c1)NC(=O)c1cc(S(=O)(=O)N(C)C3CCCC3)c(Oc3cccnc3)cc1O2. The zero-order valence-corrected chi connectivity index (χ0v) is 19.8. The van der Waals surface area contributed by atoms with Crippen LogP contribution in [0.1, 0.15) is 41.6 Å². The van der Waals surface area contributed by atoms with E-state index in [1.54, 1.807) is 37.5 Å². The van der Waals surface area contributed by atoms with Crippen molar-refractivity contribution in [1.29, 1.82) is 0 Å². The van der Waals surface area contributed by atoms with Crippen LogP contribution in [0.5, 0.6) is 23.0 Å². The zero-order valence-electron chi connectivity index (χ0n) is 18.9. The summed E-state index contributed by atoms with van der Waals surface area (Å²) in [6, 6.07) is 11.5. The molecule has 0 unspecified atom stereocenters. The van der Waals surface area contributed by atoms with Gasteiger partial charge in [-0.2, -0.15) is 4.31 Å². The van der Waals surface area contributed by atoms with Crippen LogP contribution in [0, 0.1) is 6.92 Å². The maximum absolute atomic E-state index is 13.7. The van der Waals surface area contributed by atoms with Crippen molar-refractivity contribution in [2.24, 2.45) is 0 Å². The standard InChI is InChI=1S/C25H25N3O5S/c1-16-9-10-21-20(12-16)27-25(29)19-13-24(34(30,31)28(2)17-6-3-4-7-17)23(14-22(19)33-21)32-18-8-5-11-26-15-18/h5,8-15,17H,3-4,6-7H2,1-2H3,(H,27,29). The summed E-state index contributed by atoms with van der Waals surface area (Å²) < 4.78 is 40.9. The van der Waals surface area contributed by atoms with Gasteiger partial charge in [0.15, 0.2) is 11.5 Å². The number of nitrogens with one attached hydrogen (secondary N) is 1. The normalized spacial score (nSPS) is 15.8. The number of pyridine rings is 1. The number of ether oxygens (including phenoxy) is 2. The molecule has 5 rings (SSSR count). The average Bonchev–Trinajstić information content (AvgIpc) is 3.31. The van der Waals surface area contributed by atoms with E-state index in [-0.39, 0.29) is 28.0 Å². The van der Waals surface area contributed by atoms with Crippen molar-refractivity contribution < 1.29 is 22.7 Å². The lowest BCUT2D eigenvalue weighted by Gasteiger charge is -2.25. The van der Waals surface area contributed by atoms with Gasteiger partial charge in [0.1, 0.15) is 16.4 Å². The molecule has 9 heteroatoms. The van der Waals surface area contributed by atoms with Crippen LogP contribution in [0.4, 0.5) is 5.69 Å². The Bertz CT molecular complexity index is 1350. The van der Waals surface area contributed by atoms with E-state index < -0.39 is 15.9 Å². The smallest absolute Gasteiger partial charge is 0.259 e. The second kappa shape index (κ2) is 8.73. The molecule has 2 aromatic carbocycles. The molecule has 1 saturated carbocycles. The van der Waals surface area contributed by atoms with Gasteiger partial charge in [0.2, 0.25) is 10.0 Å². The molecule has 1 fully saturated rings. The summed E-state index contributed by atoms with van der Waals surface area (Å²) in [5.41, 5.74) is 1.59. The first-order valence-corrected chi connectivity index (χ1v) is 12.6. The molecule has 3 aromatic rings. The minimum atomic E-state index is -3.96. The van der Waals surface area contributed by atoms with Gasteiger partial charge < -0.3 is 14.8 Å². The van der Waals surface area contributed by atoms with E-state index in [9.17, 15) is 13.2 Å². The largest absolute Gasteiger partial charge is 0.454 e. The Balaban J connectivity index is 1.64. The van der Waals surface area contributed by atoms with E-state index >= 15 is 0 Å². The number of rotatable bonds is 5. The maximum atomic E-state index is 13.7. The minimum Gasteiger partial charge on any atom is -0.454 e. The van der Waals surface area contributed by atoms with Crippen molar-refractivity contribution in [3.8, 4) is 23.0 Å². The van der Waals surface area contributed by atoms with E-state index in [1.807, 2.05) is 13.0 Å². The molecule has 1 amide bonds. The number of hydrogen-bond acceptors (Lipinski definition) is 6. The van der Waals surface area contributed by atoms with Gasteiger partial charge in [-0.15, -0.1) is 0 Å². The highest BCUT2D eigenvalue weighted by atomic mass is 32.2. The Morgan fingerprint density at radius 3 is 2.65 bits per heavy atom. The van der Waals surface area contributed by atoms with Gasteiger partial charge in [-0.25, -0.2) is 8.42 Å². The summed E-state index contributed by atoms with van der Waals surface area (Å²) in [7, 11) is -2.38. The maximum Gasteiger partial charge on any atom is 0.259 e. The lowest BCUT2D eigenvalue weighted by Crippen LogP contribution is -2.35. The second-order valence-corrected chi connectivity index (χ2v) is 10.6. The fourth-order valence-electron chi connectivity index (χ4n) is 4.38. The number of hydrogen-bond donors (Lipinski definition) is 1. The van der Waals surface area contributed by atoms with E-state index in [0.717, 1.165) is 31.2 Å². The summed E-state index contributed by atoms with van der Waals surface area (Å²) in [4.78, 5) is 17.1. The molecule has 0 bridgehead atoms. The van der Waals surface area contributed by atoms with Gasteiger partial charge in [-0.1, -0.05) is 18.9 Å². The summed E-state index contributed by atoms with van der Waals surface area (Å²) in [5, 5.41) is 2.83. The second-order valence-electron chi connectivity index (χ2n) is 8.60. The van der Waals surface area contributed by atoms with E-state index in [1.165, 1.54) is 22.6 Å². The Morgan fingerprint density at radius 2 is 1.91 bits per heavy atom. The van der Waals surface area contributed by atoms with Crippen molar-refractivity contribution in [1.82, 2.24) is 9.29 Å². The number of aromatic nitrogens is 1. The molecule has 1 aromatic heterocycles. The number of carbonyl (C=O) groups excluding carboxylic acids is 1. The number of aryl methyl sites for hydroxylation is 1. The van der Waals surface area contributed by atoms with Crippen molar-refractivity contribution >= 4 is 21.6 Å². The molecule has 34 heavy (non-hydrogen) atoms. The van der Waals surface area contributed by atoms with Crippen LogP contribution in [-0.2, 0) is 10.0 Å². The topological polar surface area (TPSA) is 97.8 Å². The summed E-state index contributed by atoms with van der Waals surface area (Å²) >= 11 is 0. The first-order valence-electron chi connectivity index (χ1n) is 11.2. The van der Waals surface area contributed by atoms with Crippen LogP contribution in [0.15, 0.2) is 59.8 Å². The van der Waals surface area contributed by atoms with E-state index in [2.05, 4.69) is 10.3 Å². The van der Waals surface area contributed by atoms with Crippen molar-refractivity contribution in [2.45, 2.75) is 43.5 Å². The molecule has 1 N–H and O–H groups in total. The Kier molecular flexibility index (Phi) is 5.75. The Labute approximate surface area is 198 Å². The molecule has 0 atom stereocenters. The van der Waals surface area contributed by atoms with Gasteiger partial charge in [-0.05, 0) is 55.7 Å². The lowest BCUT2D eigenvalue weighted by atomic mass is 10.1. The monoisotopic (exact) mass is 479 g/mol. The van der Waals surface area contributed by atoms with Gasteiger partial charge in [0.25, 0.3) is 5.91 Å². The number of anilines is 1. The van der Waals surface area contributed by atoms with Crippen LogP contribution >= 0.6 is 0 Å². The lowest BCUT2D eigenvalue weighted by molar-refractivity contribution is 0.102. The Morgan fingerprint density at radius 1 is 1.12 bits per heavy atom. The highest BCUT2D eigenvalue weighted by Gasteiger charge is 2.35. The van der Waals surface area contributed by atoms with Crippen molar-refractivity contribution in [3.05, 3.63) is 66.0 Å². The number of carbonyl (C=O) groups is 1. The zero-order chi connectivity index (χ0) is 23.9. The number of sulfonamides is 1. The molecule has 0 radical (unpaired) electrons. The van der Waals surface area contributed by atoms with Crippen molar-refractivity contribution in [3.63, 3.8) is 0 Å². The van der Waals surface area contributed by atoms with Gasteiger partial charge in [-0.3, -0.25) is 9.78 Å². The third-order valence-electron chi connectivity index (χ3n) is 6.25. The molecule has 176 valence electrons. The van der Waals surface area contributed by atoms with Crippen LogP contribution in [0.25, 0.3) is 0 Å². The molecule has 0 saturated heterocycles. The fraction of sp³-hybridized carbons (Fsp3) is 0.280. The summed E-state index contributed by atoms with van der Waals surface area (Å²) in [6.07, 6.45) is 6.68. The molecule has 0 spiro atoms. The Hall–Kier alpha value is -3.43. The minimum absolute atomic E-state index is 0.0694. The number of benzene rings is 2. The number of nitrogens with zero attached hydrogens (tertiary/aromatic N) is 2. The number of fused-ring (bicyclic) bond motifs is 2. The molecular weight excluding hydrogens is 454 g/mol. The highest BCUT2D eigenvalue weighted by molar-refractivity contribution is 7.89. The number of amides is 1. The summed E-state index contributed by atoms with van der Waals surface area (Å²) in [6.45, 7) is 1.91. The molecule has 1 aliphatic carbocycles. The quantitative estimate of drug-likeness (QED) is 0.547. The van der Waals surface area contributed by atoms with Crippen LogP contribution < -0.4 is 14.8 Å². The van der Waals surface area contributed by atoms with Gasteiger partial charge >= 0.3 is 0 Å². The molecule has 1 aliphatic heterocycles. The van der Waals surface area contributed by atoms with Crippen molar-refractivity contribution in [2.75, 3.05) is 12.4 Å². The van der Waals surface area contributed by atoms with Crippen LogP contribution in [0.2, 0.25) is 0 Å². The molecule has 2 aliphatic rings. The highest BCUT2D eigenvalue weighted by Crippen LogP contribution is 2.42. The third-order valence-corrected chi connectivity index (χ3v) is 8.18. The van der Waals surface area contributed by atoms with Gasteiger partial charge in [0, 0.05) is 25.4 Å². The van der Waals surface area contributed by atoms with E-state index in [0.29, 0.717) is 17.2 Å². The third kappa shape index (κ3) is 4.12. The van der Waals surface area contributed by atoms with E-state index in [4.69, 9.17) is 9.47 Å². The molecular formula is C25H25N3O5S. The first kappa shape index (κ1) is 22.4. The molecule has 2 heterocycles. The summed E-state index contributed by atoms with van der Waals surface area (Å²) in [5.74, 6) is 0.661. The molecule has 8 nitrogen and oxygen atoms in total.